The molecule has 0 N–H and O–H groups in total. The van der Waals surface area contributed by atoms with Crippen molar-refractivity contribution < 1.29 is 4.79 Å². The van der Waals surface area contributed by atoms with Crippen LogP contribution >= 0.6 is 28.6 Å². The number of rotatable bonds is 2. The number of hydrogen-bond donors (Lipinski definition) is 1. The summed E-state index contributed by atoms with van der Waals surface area (Å²) in [7, 11) is 1.70. The largest absolute Gasteiger partial charge is 0.311 e. The molecule has 0 spiro atoms. The van der Waals surface area contributed by atoms with Crippen molar-refractivity contribution in [2.75, 3.05) is 11.9 Å². The van der Waals surface area contributed by atoms with E-state index in [1.165, 1.54) is 4.90 Å². The van der Waals surface area contributed by atoms with Gasteiger partial charge in [0.05, 0.1) is 17.2 Å². The highest BCUT2D eigenvalue weighted by Crippen LogP contribution is 2.24. The lowest BCUT2D eigenvalue weighted by Gasteiger charge is -2.18. The first kappa shape index (κ1) is 14.6. The van der Waals surface area contributed by atoms with Crippen LogP contribution in [-0.2, 0) is 0 Å². The summed E-state index contributed by atoms with van der Waals surface area (Å²) in [5.41, 5.74) is 1.84. The van der Waals surface area contributed by atoms with Crippen molar-refractivity contribution in [3.05, 3.63) is 58.1 Å². The van der Waals surface area contributed by atoms with Gasteiger partial charge in [-0.1, -0.05) is 0 Å². The average molecular weight is 347 g/mol. The molecule has 2 aromatic carbocycles. The number of anilines is 1. The highest BCUT2D eigenvalue weighted by molar-refractivity contribution is 9.10. The summed E-state index contributed by atoms with van der Waals surface area (Å²) in [5.74, 6) is -0.141. The molecule has 20 heavy (non-hydrogen) atoms. The molecule has 2 aromatic rings. The second-order valence-corrected chi connectivity index (χ2v) is 5.56. The summed E-state index contributed by atoms with van der Waals surface area (Å²) >= 11 is 7.62. The Kier molecular flexibility index (Phi) is 4.48. The second kappa shape index (κ2) is 6.12. The predicted molar refractivity (Wildman–Crippen MR) is 85.3 cm³/mol. The minimum Gasteiger partial charge on any atom is -0.311 e. The zero-order valence-corrected chi connectivity index (χ0v) is 13.1. The first-order chi connectivity index (χ1) is 9.52. The molecule has 0 aliphatic heterocycles. The fourth-order valence-electron chi connectivity index (χ4n) is 1.73. The van der Waals surface area contributed by atoms with Crippen LogP contribution in [0.25, 0.3) is 0 Å². The van der Waals surface area contributed by atoms with E-state index in [4.69, 9.17) is 5.26 Å². The summed E-state index contributed by atoms with van der Waals surface area (Å²) in [6.07, 6.45) is 0. The number of halogens is 1. The molecule has 0 fully saturated rings. The van der Waals surface area contributed by atoms with Gasteiger partial charge in [-0.25, -0.2) is 0 Å². The first-order valence-corrected chi connectivity index (χ1v) is 7.03. The van der Waals surface area contributed by atoms with Crippen molar-refractivity contribution >= 4 is 40.2 Å². The van der Waals surface area contributed by atoms with Crippen molar-refractivity contribution in [2.45, 2.75) is 4.90 Å². The van der Waals surface area contributed by atoms with Gasteiger partial charge >= 0.3 is 0 Å². The number of hydrogen-bond acceptors (Lipinski definition) is 3. The van der Waals surface area contributed by atoms with Crippen LogP contribution in [0.3, 0.4) is 0 Å². The number of carbonyl (C=O) groups is 1. The van der Waals surface area contributed by atoms with Crippen LogP contribution in [0.15, 0.2) is 51.8 Å². The Morgan fingerprint density at radius 1 is 1.25 bits per heavy atom. The van der Waals surface area contributed by atoms with Crippen LogP contribution in [-0.4, -0.2) is 13.0 Å². The zero-order chi connectivity index (χ0) is 14.7. The molecule has 100 valence electrons. The van der Waals surface area contributed by atoms with E-state index in [1.54, 1.807) is 43.4 Å². The van der Waals surface area contributed by atoms with E-state index < -0.39 is 0 Å². The summed E-state index contributed by atoms with van der Waals surface area (Å²) in [4.78, 5) is 14.7. The molecule has 5 heteroatoms. The molecule has 0 aliphatic carbocycles. The third kappa shape index (κ3) is 3.03. The van der Waals surface area contributed by atoms with Crippen molar-refractivity contribution in [1.29, 1.82) is 5.26 Å². The number of nitriles is 1. The minimum absolute atomic E-state index is 0.141. The Morgan fingerprint density at radius 2 is 1.90 bits per heavy atom. The van der Waals surface area contributed by atoms with Gasteiger partial charge in [0.1, 0.15) is 0 Å². The van der Waals surface area contributed by atoms with Crippen LogP contribution in [0.5, 0.6) is 0 Å². The highest BCUT2D eigenvalue weighted by Gasteiger charge is 2.16. The van der Waals surface area contributed by atoms with E-state index >= 15 is 0 Å². The summed E-state index contributed by atoms with van der Waals surface area (Å²) in [5, 5.41) is 8.78. The van der Waals surface area contributed by atoms with E-state index in [1.807, 2.05) is 12.1 Å². The maximum Gasteiger partial charge on any atom is 0.259 e. The Morgan fingerprint density at radius 3 is 2.50 bits per heavy atom. The fraction of sp³-hybridized carbons (Fsp3) is 0.0667. The molecule has 0 heterocycles. The maximum absolute atomic E-state index is 12.5. The lowest BCUT2D eigenvalue weighted by atomic mass is 10.1. The highest BCUT2D eigenvalue weighted by atomic mass is 79.9. The molecular formula is C15H11BrN2OS. The van der Waals surface area contributed by atoms with Crippen LogP contribution in [0.1, 0.15) is 15.9 Å². The topological polar surface area (TPSA) is 44.1 Å². The maximum atomic E-state index is 12.5. The first-order valence-electron chi connectivity index (χ1n) is 5.79. The third-order valence-corrected chi connectivity index (χ3v) is 3.84. The van der Waals surface area contributed by atoms with Crippen LogP contribution < -0.4 is 4.90 Å². The molecular weight excluding hydrogens is 336 g/mol. The molecule has 0 atom stereocenters. The number of nitrogens with zero attached hydrogens (tertiary/aromatic N) is 2. The Bertz CT molecular complexity index is 692. The molecule has 0 unspecified atom stereocenters. The van der Waals surface area contributed by atoms with E-state index in [2.05, 4.69) is 28.6 Å². The summed E-state index contributed by atoms with van der Waals surface area (Å²) in [6.45, 7) is 0. The van der Waals surface area contributed by atoms with E-state index in [0.717, 1.165) is 15.1 Å². The Hall–Kier alpha value is -1.77. The van der Waals surface area contributed by atoms with Crippen LogP contribution in [0.2, 0.25) is 0 Å². The van der Waals surface area contributed by atoms with Gasteiger partial charge in [-0.2, -0.15) is 5.26 Å². The molecule has 3 nitrogen and oxygen atoms in total. The van der Waals surface area contributed by atoms with Gasteiger partial charge < -0.3 is 4.90 Å². The quantitative estimate of drug-likeness (QED) is 0.838. The average Bonchev–Trinajstić information content (AvgIpc) is 2.48. The van der Waals surface area contributed by atoms with Gasteiger partial charge in [-0.3, -0.25) is 4.79 Å². The van der Waals surface area contributed by atoms with Gasteiger partial charge in [0.15, 0.2) is 0 Å². The Balaban J connectivity index is 2.32. The van der Waals surface area contributed by atoms with E-state index in [9.17, 15) is 4.79 Å². The second-order valence-electron chi connectivity index (χ2n) is 4.19. The van der Waals surface area contributed by atoms with E-state index in [0.29, 0.717) is 11.1 Å². The molecule has 2 rings (SSSR count). The van der Waals surface area contributed by atoms with Crippen molar-refractivity contribution in [3.8, 4) is 6.07 Å². The molecule has 0 bridgehead atoms. The Labute approximate surface area is 131 Å². The van der Waals surface area contributed by atoms with Gasteiger partial charge in [0.25, 0.3) is 5.91 Å². The zero-order valence-electron chi connectivity index (χ0n) is 10.7. The number of carbonyl (C=O) groups excluding carboxylic acids is 1. The lowest BCUT2D eigenvalue weighted by Crippen LogP contribution is -2.26. The smallest absolute Gasteiger partial charge is 0.259 e. The standard InChI is InChI=1S/C15H11BrN2OS/c1-18(11-4-2-10(9-17)3-5-11)15(19)13-8-12(20)6-7-14(13)16/h2-8,20H,1H3. The van der Waals surface area contributed by atoms with Gasteiger partial charge in [0.2, 0.25) is 0 Å². The SMILES string of the molecule is CN(C(=O)c1cc(S)ccc1Br)c1ccc(C#N)cc1. The number of benzene rings is 2. The van der Waals surface area contributed by atoms with Gasteiger partial charge in [-0.15, -0.1) is 12.6 Å². The van der Waals surface area contributed by atoms with Crippen molar-refractivity contribution in [1.82, 2.24) is 0 Å². The monoisotopic (exact) mass is 346 g/mol. The third-order valence-electron chi connectivity index (χ3n) is 2.87. The fourth-order valence-corrected chi connectivity index (χ4v) is 2.35. The van der Waals surface area contributed by atoms with Gasteiger partial charge in [0, 0.05) is 22.1 Å². The van der Waals surface area contributed by atoms with Crippen LogP contribution in [0.4, 0.5) is 5.69 Å². The molecule has 0 radical (unpaired) electrons. The molecule has 0 saturated heterocycles. The van der Waals surface area contributed by atoms with E-state index in [-0.39, 0.29) is 5.91 Å². The molecule has 0 aliphatic rings. The summed E-state index contributed by atoms with van der Waals surface area (Å²) in [6, 6.07) is 14.2. The summed E-state index contributed by atoms with van der Waals surface area (Å²) < 4.78 is 0.723. The van der Waals surface area contributed by atoms with Gasteiger partial charge in [-0.05, 0) is 58.4 Å². The number of amides is 1. The lowest BCUT2D eigenvalue weighted by molar-refractivity contribution is 0.0992. The molecule has 1 amide bonds. The van der Waals surface area contributed by atoms with Crippen molar-refractivity contribution in [2.24, 2.45) is 0 Å². The normalized spacial score (nSPS) is 9.90. The predicted octanol–water partition coefficient (Wildman–Crippen LogP) is 3.89. The van der Waals surface area contributed by atoms with Crippen molar-refractivity contribution in [3.63, 3.8) is 0 Å². The minimum atomic E-state index is -0.141. The number of thiol groups is 1. The van der Waals surface area contributed by atoms with Crippen LogP contribution in [0, 0.1) is 11.3 Å². The molecule has 0 aromatic heterocycles. The molecule has 0 saturated carbocycles.